The quantitative estimate of drug-likeness (QED) is 0.874. The Balaban J connectivity index is 2.49. The van der Waals surface area contributed by atoms with Crippen LogP contribution in [0.5, 0.6) is 0 Å². The van der Waals surface area contributed by atoms with Gasteiger partial charge in [-0.3, -0.25) is 4.79 Å². The van der Waals surface area contributed by atoms with Crippen LogP contribution in [0, 0.1) is 6.92 Å². The highest BCUT2D eigenvalue weighted by Gasteiger charge is 2.08. The van der Waals surface area contributed by atoms with Crippen LogP contribution >= 0.6 is 15.9 Å². The highest BCUT2D eigenvalue weighted by molar-refractivity contribution is 9.10. The number of hydrogen-bond donors (Lipinski definition) is 1. The molecule has 0 bridgehead atoms. The summed E-state index contributed by atoms with van der Waals surface area (Å²) in [5, 5.41) is 2.99. The summed E-state index contributed by atoms with van der Waals surface area (Å²) in [6.45, 7) is 3.60. The largest absolute Gasteiger partial charge is 0.345 e. The molecule has 0 unspecified atom stereocenters. The summed E-state index contributed by atoms with van der Waals surface area (Å²) in [6, 6.07) is 6.27. The molecule has 0 atom stereocenters. The third-order valence-corrected chi connectivity index (χ3v) is 3.54. The maximum absolute atomic E-state index is 11.8. The van der Waals surface area contributed by atoms with Gasteiger partial charge in [0.05, 0.1) is 0 Å². The van der Waals surface area contributed by atoms with Crippen molar-refractivity contribution in [3.05, 3.63) is 33.8 Å². The molecule has 0 aliphatic carbocycles. The molecular weight excluding hydrogens is 292 g/mol. The van der Waals surface area contributed by atoms with Crippen molar-refractivity contribution in [1.82, 2.24) is 10.2 Å². The number of likely N-dealkylation sites (N-methyl/N-ethyl adjacent to an activating group) is 1. The van der Waals surface area contributed by atoms with Crippen molar-refractivity contribution in [2.45, 2.75) is 19.8 Å². The predicted molar refractivity (Wildman–Crippen MR) is 78.8 cm³/mol. The summed E-state index contributed by atoms with van der Waals surface area (Å²) in [6.07, 6.45) is 1.46. The zero-order valence-corrected chi connectivity index (χ0v) is 12.9. The minimum Gasteiger partial charge on any atom is -0.345 e. The first kappa shape index (κ1) is 15.2. The van der Waals surface area contributed by atoms with Crippen molar-refractivity contribution in [3.8, 4) is 0 Å². The molecule has 18 heavy (non-hydrogen) atoms. The highest BCUT2D eigenvalue weighted by atomic mass is 79.9. The molecule has 3 nitrogen and oxygen atoms in total. The lowest BCUT2D eigenvalue weighted by molar-refractivity contribution is -0.129. The molecule has 1 N–H and O–H groups in total. The second-order valence-corrected chi connectivity index (χ2v) is 5.41. The summed E-state index contributed by atoms with van der Waals surface area (Å²) in [5.74, 6) is 0.192. The van der Waals surface area contributed by atoms with Crippen LogP contribution < -0.4 is 5.32 Å². The normalized spacial score (nSPS) is 10.4. The smallest absolute Gasteiger partial charge is 0.223 e. The molecule has 1 amide bonds. The van der Waals surface area contributed by atoms with E-state index in [1.54, 1.807) is 4.90 Å². The zero-order valence-electron chi connectivity index (χ0n) is 11.3. The van der Waals surface area contributed by atoms with Crippen molar-refractivity contribution in [2.24, 2.45) is 0 Å². The van der Waals surface area contributed by atoms with E-state index < -0.39 is 0 Å². The number of carbonyl (C=O) groups is 1. The van der Waals surface area contributed by atoms with Gasteiger partial charge in [-0.25, -0.2) is 0 Å². The molecule has 0 aliphatic rings. The van der Waals surface area contributed by atoms with Gasteiger partial charge in [0, 0.05) is 31.0 Å². The van der Waals surface area contributed by atoms with E-state index in [2.05, 4.69) is 40.3 Å². The van der Waals surface area contributed by atoms with Gasteiger partial charge >= 0.3 is 0 Å². The van der Waals surface area contributed by atoms with E-state index in [9.17, 15) is 4.79 Å². The molecule has 4 heteroatoms. The fourth-order valence-corrected chi connectivity index (χ4v) is 2.15. The molecule has 0 radical (unpaired) electrons. The number of nitrogens with one attached hydrogen (secondary N) is 1. The first-order valence-electron chi connectivity index (χ1n) is 6.18. The molecule has 0 saturated heterocycles. The fraction of sp³-hybridized carbons (Fsp3) is 0.500. The van der Waals surface area contributed by atoms with Crippen LogP contribution in [0.25, 0.3) is 0 Å². The minimum atomic E-state index is 0.192. The van der Waals surface area contributed by atoms with E-state index in [1.165, 1.54) is 11.1 Å². The van der Waals surface area contributed by atoms with E-state index in [4.69, 9.17) is 0 Å². The Morgan fingerprint density at radius 1 is 1.44 bits per heavy atom. The van der Waals surface area contributed by atoms with Crippen molar-refractivity contribution in [1.29, 1.82) is 0 Å². The Labute approximate surface area is 118 Å². The second-order valence-electron chi connectivity index (χ2n) is 4.49. The molecule has 0 aromatic heterocycles. The van der Waals surface area contributed by atoms with Gasteiger partial charge in [0.1, 0.15) is 0 Å². The predicted octanol–water partition coefficient (Wildman–Crippen LogP) is 2.37. The monoisotopic (exact) mass is 312 g/mol. The Hall–Kier alpha value is -0.870. The van der Waals surface area contributed by atoms with Crippen LogP contribution in [0.3, 0.4) is 0 Å². The number of nitrogens with zero attached hydrogens (tertiary/aromatic N) is 1. The summed E-state index contributed by atoms with van der Waals surface area (Å²) in [7, 11) is 3.73. The molecule has 1 aromatic carbocycles. The van der Waals surface area contributed by atoms with Crippen LogP contribution in [0.15, 0.2) is 22.7 Å². The first-order chi connectivity index (χ1) is 8.54. The maximum atomic E-state index is 11.8. The van der Waals surface area contributed by atoms with E-state index in [1.807, 2.05) is 20.2 Å². The fourth-order valence-electron chi connectivity index (χ4n) is 1.75. The zero-order chi connectivity index (χ0) is 13.5. The number of benzene rings is 1. The minimum absolute atomic E-state index is 0.192. The first-order valence-corrected chi connectivity index (χ1v) is 6.97. The summed E-state index contributed by atoms with van der Waals surface area (Å²) < 4.78 is 1.09. The number of carbonyl (C=O) groups excluding carboxylic acids is 1. The van der Waals surface area contributed by atoms with Crippen LogP contribution in [0.4, 0.5) is 0 Å². The third-order valence-electron chi connectivity index (χ3n) is 3.04. The molecule has 0 fully saturated rings. The molecule has 0 saturated carbocycles. The van der Waals surface area contributed by atoms with E-state index in [0.717, 1.165) is 24.0 Å². The summed E-state index contributed by atoms with van der Waals surface area (Å²) in [5.41, 5.74) is 2.56. The van der Waals surface area contributed by atoms with Gasteiger partial charge in [-0.1, -0.05) is 22.0 Å². The molecule has 1 rings (SSSR count). The Morgan fingerprint density at radius 2 is 2.17 bits per heavy atom. The van der Waals surface area contributed by atoms with Gasteiger partial charge in [-0.2, -0.15) is 0 Å². The Kier molecular flexibility index (Phi) is 6.36. The summed E-state index contributed by atoms with van der Waals surface area (Å²) in [4.78, 5) is 13.6. The van der Waals surface area contributed by atoms with Crippen molar-refractivity contribution in [3.63, 3.8) is 0 Å². The molecule has 0 aliphatic heterocycles. The lowest BCUT2D eigenvalue weighted by Gasteiger charge is -2.18. The molecular formula is C14H21BrN2O. The van der Waals surface area contributed by atoms with Crippen LogP contribution in [0.2, 0.25) is 0 Å². The number of amides is 1. The topological polar surface area (TPSA) is 32.3 Å². The Morgan fingerprint density at radius 3 is 2.83 bits per heavy atom. The van der Waals surface area contributed by atoms with Crippen LogP contribution in [-0.2, 0) is 11.2 Å². The average molecular weight is 313 g/mol. The van der Waals surface area contributed by atoms with E-state index >= 15 is 0 Å². The van der Waals surface area contributed by atoms with Crippen molar-refractivity contribution < 1.29 is 4.79 Å². The van der Waals surface area contributed by atoms with Crippen LogP contribution in [0.1, 0.15) is 17.5 Å². The third kappa shape index (κ3) is 4.78. The van der Waals surface area contributed by atoms with Gasteiger partial charge in [0.15, 0.2) is 0 Å². The molecule has 0 spiro atoms. The van der Waals surface area contributed by atoms with E-state index in [0.29, 0.717) is 6.42 Å². The van der Waals surface area contributed by atoms with Gasteiger partial charge < -0.3 is 10.2 Å². The SMILES string of the molecule is CNCCC(=O)N(C)CCc1cc(Br)ccc1C. The number of rotatable bonds is 6. The molecule has 0 heterocycles. The van der Waals surface area contributed by atoms with Crippen molar-refractivity contribution >= 4 is 21.8 Å². The number of aryl methyl sites for hydroxylation is 1. The second kappa shape index (κ2) is 7.54. The Bertz CT molecular complexity index is 407. The van der Waals surface area contributed by atoms with Gasteiger partial charge in [0.25, 0.3) is 0 Å². The van der Waals surface area contributed by atoms with Gasteiger partial charge in [0.2, 0.25) is 5.91 Å². The number of halogens is 1. The lowest BCUT2D eigenvalue weighted by Crippen LogP contribution is -2.31. The van der Waals surface area contributed by atoms with E-state index in [-0.39, 0.29) is 5.91 Å². The molecule has 100 valence electrons. The number of hydrogen-bond acceptors (Lipinski definition) is 2. The lowest BCUT2D eigenvalue weighted by atomic mass is 10.1. The van der Waals surface area contributed by atoms with Crippen LogP contribution in [-0.4, -0.2) is 38.0 Å². The summed E-state index contributed by atoms with van der Waals surface area (Å²) >= 11 is 3.48. The van der Waals surface area contributed by atoms with Crippen molar-refractivity contribution in [2.75, 3.05) is 27.2 Å². The molecule has 1 aromatic rings. The maximum Gasteiger partial charge on any atom is 0.223 e. The standard InChI is InChI=1S/C14H21BrN2O/c1-11-4-5-13(15)10-12(11)7-9-17(3)14(18)6-8-16-2/h4-5,10,16H,6-9H2,1-3H3. The highest BCUT2D eigenvalue weighted by Crippen LogP contribution is 2.16. The average Bonchev–Trinajstić information content (AvgIpc) is 2.36. The van der Waals surface area contributed by atoms with Gasteiger partial charge in [-0.15, -0.1) is 0 Å². The van der Waals surface area contributed by atoms with Gasteiger partial charge in [-0.05, 0) is 43.7 Å².